The molecule has 0 fully saturated rings. The van der Waals surface area contributed by atoms with Crippen LogP contribution in [0, 0.1) is 6.92 Å². The van der Waals surface area contributed by atoms with Gasteiger partial charge in [0.1, 0.15) is 23.4 Å². The van der Waals surface area contributed by atoms with Crippen LogP contribution in [0.15, 0.2) is 103 Å². The van der Waals surface area contributed by atoms with Gasteiger partial charge < -0.3 is 14.6 Å². The van der Waals surface area contributed by atoms with E-state index < -0.39 is 5.97 Å². The molecule has 0 saturated carbocycles. The van der Waals surface area contributed by atoms with Gasteiger partial charge in [0.15, 0.2) is 5.78 Å². The molecule has 1 heterocycles. The van der Waals surface area contributed by atoms with Gasteiger partial charge >= 0.3 is 29.6 Å². The Hall–Kier alpha value is -3.62. The molecule has 4 aromatic carbocycles. The Kier molecular flexibility index (Phi) is 9.43. The molecule has 6 nitrogen and oxygen atoms in total. The normalized spacial score (nSPS) is 11.4. The molecule has 0 aliphatic rings. The van der Waals surface area contributed by atoms with Gasteiger partial charge in [0.25, 0.3) is 0 Å². The van der Waals surface area contributed by atoms with Gasteiger partial charge in [-0.3, -0.25) is 4.79 Å². The molecule has 0 N–H and O–H groups in total. The number of allylic oxidation sites excluding steroid dienone is 1. The van der Waals surface area contributed by atoms with Crippen LogP contribution < -0.4 is 39.4 Å². The Balaban J connectivity index is 0.00000353. The van der Waals surface area contributed by atoms with E-state index in [0.29, 0.717) is 34.5 Å². The second kappa shape index (κ2) is 13.0. The van der Waals surface area contributed by atoms with Crippen molar-refractivity contribution in [3.63, 3.8) is 0 Å². The van der Waals surface area contributed by atoms with Crippen LogP contribution in [-0.4, -0.2) is 20.5 Å². The number of carbonyl (C=O) groups excluding carboxylic acids is 2. The van der Waals surface area contributed by atoms with Crippen LogP contribution in [0.1, 0.15) is 32.6 Å². The number of carboxylic acids is 1. The van der Waals surface area contributed by atoms with E-state index in [9.17, 15) is 14.7 Å². The minimum Gasteiger partial charge on any atom is -0.545 e. The number of carboxylic acid groups (broad SMARTS) is 1. The molecule has 0 atom stereocenters. The van der Waals surface area contributed by atoms with Crippen LogP contribution in [-0.2, 0) is 17.8 Å². The molecule has 39 heavy (non-hydrogen) atoms. The maximum Gasteiger partial charge on any atom is 1.00 e. The van der Waals surface area contributed by atoms with Crippen LogP contribution in [0.5, 0.6) is 5.75 Å². The van der Waals surface area contributed by atoms with Crippen molar-refractivity contribution in [3.8, 4) is 5.75 Å². The number of aliphatic carboxylic acids is 1. The van der Waals surface area contributed by atoms with Gasteiger partial charge in [-0.2, -0.15) is 8.75 Å². The SMILES string of the molecule is Cc1ccc(C(=O)C(Cc2ccc(OCc3ccccc3)cc2)=C(C(=O)[O-])c2ccc3nsnc3c2)cc1.[Na+]. The standard InChI is InChI=1S/C31H24N2O4S.Na/c1-20-7-11-23(12-8-20)30(34)26(29(31(35)36)24-13-16-27-28(18-24)33-38-32-27)17-21-9-14-25(15-10-21)37-19-22-5-3-2-4-6-22;/h2-16,18H,17,19H2,1H3,(H,35,36);/q;+1/p-1. The molecule has 0 aliphatic heterocycles. The average Bonchev–Trinajstić information content (AvgIpc) is 3.41. The van der Waals surface area contributed by atoms with Gasteiger partial charge in [-0.05, 0) is 47.9 Å². The van der Waals surface area contributed by atoms with Crippen LogP contribution in [0.3, 0.4) is 0 Å². The molecule has 0 unspecified atom stereocenters. The first-order valence-corrected chi connectivity index (χ1v) is 12.7. The molecule has 188 valence electrons. The number of ether oxygens (including phenoxy) is 1. The summed E-state index contributed by atoms with van der Waals surface area (Å²) >= 11 is 1.04. The van der Waals surface area contributed by atoms with Gasteiger partial charge in [-0.25, -0.2) is 0 Å². The summed E-state index contributed by atoms with van der Waals surface area (Å²) in [5.74, 6) is -1.12. The van der Waals surface area contributed by atoms with E-state index >= 15 is 0 Å². The number of rotatable bonds is 9. The summed E-state index contributed by atoms with van der Waals surface area (Å²) in [7, 11) is 0. The third kappa shape index (κ3) is 6.88. The predicted molar refractivity (Wildman–Crippen MR) is 146 cm³/mol. The molecule has 0 amide bonds. The van der Waals surface area contributed by atoms with E-state index in [2.05, 4.69) is 8.75 Å². The maximum absolute atomic E-state index is 13.7. The second-order valence-electron chi connectivity index (χ2n) is 8.90. The Morgan fingerprint density at radius 3 is 2.15 bits per heavy atom. The van der Waals surface area contributed by atoms with Gasteiger partial charge in [0, 0.05) is 23.1 Å². The molecule has 0 radical (unpaired) electrons. The maximum atomic E-state index is 13.7. The van der Waals surface area contributed by atoms with Gasteiger partial charge in [0.05, 0.1) is 17.7 Å². The summed E-state index contributed by atoms with van der Waals surface area (Å²) in [6.45, 7) is 2.36. The summed E-state index contributed by atoms with van der Waals surface area (Å²) in [6, 6.07) is 29.2. The average molecular weight is 543 g/mol. The summed E-state index contributed by atoms with van der Waals surface area (Å²) in [5.41, 5.74) is 4.78. The number of nitrogens with zero attached hydrogens (tertiary/aromatic N) is 2. The fourth-order valence-electron chi connectivity index (χ4n) is 4.16. The molecule has 8 heteroatoms. The summed E-state index contributed by atoms with van der Waals surface area (Å²) in [5, 5.41) is 12.5. The van der Waals surface area contributed by atoms with Crippen molar-refractivity contribution in [2.75, 3.05) is 0 Å². The van der Waals surface area contributed by atoms with Crippen molar-refractivity contribution >= 4 is 40.1 Å². The number of Topliss-reactive ketones (excluding diaryl/α,β-unsaturated/α-hetero) is 1. The van der Waals surface area contributed by atoms with E-state index in [0.717, 1.165) is 28.4 Å². The largest absolute Gasteiger partial charge is 1.00 e. The van der Waals surface area contributed by atoms with Crippen molar-refractivity contribution in [3.05, 3.63) is 130 Å². The second-order valence-corrected chi connectivity index (χ2v) is 9.43. The number of aromatic nitrogens is 2. The third-order valence-electron chi connectivity index (χ3n) is 6.19. The smallest absolute Gasteiger partial charge is 0.545 e. The molecule has 0 saturated heterocycles. The quantitative estimate of drug-likeness (QED) is 0.161. The predicted octanol–water partition coefficient (Wildman–Crippen LogP) is 2.21. The molecule has 5 aromatic rings. The van der Waals surface area contributed by atoms with Crippen LogP contribution in [0.4, 0.5) is 0 Å². The zero-order chi connectivity index (χ0) is 26.5. The number of carbonyl (C=O) groups is 2. The van der Waals surface area contributed by atoms with E-state index in [-0.39, 0.29) is 52.9 Å². The molecule has 0 bridgehead atoms. The topological polar surface area (TPSA) is 92.2 Å². The van der Waals surface area contributed by atoms with E-state index in [4.69, 9.17) is 4.74 Å². The molecule has 1 aromatic heterocycles. The van der Waals surface area contributed by atoms with Crippen LogP contribution in [0.25, 0.3) is 16.6 Å². The number of hydrogen-bond acceptors (Lipinski definition) is 7. The van der Waals surface area contributed by atoms with Crippen molar-refractivity contribution < 1.29 is 49.0 Å². The van der Waals surface area contributed by atoms with E-state index in [1.165, 1.54) is 0 Å². The summed E-state index contributed by atoms with van der Waals surface area (Å²) in [4.78, 5) is 26.2. The van der Waals surface area contributed by atoms with Gasteiger partial charge in [-0.15, -0.1) is 0 Å². The Morgan fingerprint density at radius 1 is 0.795 bits per heavy atom. The monoisotopic (exact) mass is 542 g/mol. The van der Waals surface area contributed by atoms with E-state index in [1.54, 1.807) is 30.3 Å². The first-order chi connectivity index (χ1) is 18.5. The fraction of sp³-hybridized carbons (Fsp3) is 0.0968. The van der Waals surface area contributed by atoms with E-state index in [1.807, 2.05) is 73.7 Å². The molecule has 0 spiro atoms. The van der Waals surface area contributed by atoms with Gasteiger partial charge in [-0.1, -0.05) is 78.4 Å². The van der Waals surface area contributed by atoms with Crippen LogP contribution >= 0.6 is 11.7 Å². The van der Waals surface area contributed by atoms with Crippen LogP contribution in [0.2, 0.25) is 0 Å². The Labute approximate surface area is 252 Å². The first kappa shape index (κ1) is 28.4. The molecular weight excluding hydrogens is 519 g/mol. The minimum absolute atomic E-state index is 0. The number of fused-ring (bicyclic) bond motifs is 1. The summed E-state index contributed by atoms with van der Waals surface area (Å²) < 4.78 is 14.3. The first-order valence-electron chi connectivity index (χ1n) is 12.0. The Morgan fingerprint density at radius 2 is 1.46 bits per heavy atom. The zero-order valence-electron chi connectivity index (χ0n) is 21.6. The summed E-state index contributed by atoms with van der Waals surface area (Å²) in [6.07, 6.45) is 0.0995. The Bertz CT molecular complexity index is 1630. The van der Waals surface area contributed by atoms with Crippen molar-refractivity contribution in [2.24, 2.45) is 0 Å². The number of benzene rings is 4. The third-order valence-corrected chi connectivity index (χ3v) is 6.75. The van der Waals surface area contributed by atoms with Gasteiger partial charge in [0.2, 0.25) is 0 Å². The number of ketones is 1. The van der Waals surface area contributed by atoms with Crippen molar-refractivity contribution in [2.45, 2.75) is 20.0 Å². The molecular formula is C31H23N2NaO4S. The minimum atomic E-state index is -1.43. The number of aryl methyl sites for hydroxylation is 1. The fourth-order valence-corrected chi connectivity index (χ4v) is 4.68. The number of hydrogen-bond donors (Lipinski definition) is 0. The van der Waals surface area contributed by atoms with Crippen molar-refractivity contribution in [1.82, 2.24) is 8.75 Å². The molecule has 0 aliphatic carbocycles. The zero-order valence-corrected chi connectivity index (χ0v) is 24.4. The molecule has 5 rings (SSSR count). The van der Waals surface area contributed by atoms with Crippen molar-refractivity contribution in [1.29, 1.82) is 0 Å².